The lowest BCUT2D eigenvalue weighted by Crippen LogP contribution is -2.59. The predicted molar refractivity (Wildman–Crippen MR) is 121 cm³/mol. The molecule has 1 N–H and O–H groups in total. The average molecular weight is 454 g/mol. The maximum atomic E-state index is 13.2. The number of rotatable bonds is 3. The quantitative estimate of drug-likeness (QED) is 0.771. The van der Waals surface area contributed by atoms with Gasteiger partial charge in [0.15, 0.2) is 0 Å². The number of hydrogen-bond donors (Lipinski definition) is 1. The van der Waals surface area contributed by atoms with Crippen molar-refractivity contribution in [3.63, 3.8) is 0 Å². The van der Waals surface area contributed by atoms with Crippen molar-refractivity contribution in [3.8, 4) is 11.1 Å². The SMILES string of the molecule is CC(=O)N1C[C@@H]2C3C[C@@H](C(=O)Nc4cc(-c5cnn6c5CC(C)(C)C6)c(Cl)cn4)C2[C@H]3C1. The number of carbonyl (C=O) groups is 2. The minimum atomic E-state index is 0.00577. The Balaban J connectivity index is 1.20. The van der Waals surface area contributed by atoms with E-state index in [0.29, 0.717) is 34.5 Å². The highest BCUT2D eigenvalue weighted by atomic mass is 35.5. The first-order valence-corrected chi connectivity index (χ1v) is 11.9. The van der Waals surface area contributed by atoms with E-state index >= 15 is 0 Å². The molecule has 0 radical (unpaired) electrons. The Kier molecular flexibility index (Phi) is 4.29. The van der Waals surface area contributed by atoms with Gasteiger partial charge in [-0.1, -0.05) is 25.4 Å². The largest absolute Gasteiger partial charge is 0.342 e. The maximum Gasteiger partial charge on any atom is 0.228 e. The summed E-state index contributed by atoms with van der Waals surface area (Å²) in [6.07, 6.45) is 5.34. The summed E-state index contributed by atoms with van der Waals surface area (Å²) in [7, 11) is 0. The van der Waals surface area contributed by atoms with Gasteiger partial charge in [-0.15, -0.1) is 0 Å². The van der Waals surface area contributed by atoms with E-state index in [1.807, 2.05) is 17.2 Å². The number of amides is 2. The summed E-state index contributed by atoms with van der Waals surface area (Å²) >= 11 is 6.51. The molecule has 3 aliphatic carbocycles. The second kappa shape index (κ2) is 6.80. The molecule has 2 saturated heterocycles. The van der Waals surface area contributed by atoms with Gasteiger partial charge in [-0.05, 0) is 48.0 Å². The molecule has 0 spiro atoms. The normalized spacial score (nSPS) is 31.2. The molecule has 2 unspecified atom stereocenters. The molecule has 3 saturated carbocycles. The van der Waals surface area contributed by atoms with Crippen molar-refractivity contribution in [2.45, 2.75) is 40.2 Å². The van der Waals surface area contributed by atoms with Gasteiger partial charge >= 0.3 is 0 Å². The molecule has 7 nitrogen and oxygen atoms in total. The monoisotopic (exact) mass is 453 g/mol. The summed E-state index contributed by atoms with van der Waals surface area (Å²) in [5, 5.41) is 8.17. The Hall–Kier alpha value is -2.41. The topological polar surface area (TPSA) is 80.1 Å². The van der Waals surface area contributed by atoms with Crippen molar-refractivity contribution >= 4 is 29.2 Å². The standard InChI is InChI=1S/C24H28ClN5O2/c1-12(31)29-9-17-13-4-15(22(17)18(13)10-29)23(32)28-21-5-14(19(25)8-26-21)16-7-27-30-11-24(2,3)6-20(16)30/h5,7-8,13,15,17-18,22H,4,6,9-11H2,1-3H3,(H,26,28,32)/t13?,15-,17-,18+,22?/m1/s1. The van der Waals surface area contributed by atoms with Crippen molar-refractivity contribution in [1.29, 1.82) is 0 Å². The van der Waals surface area contributed by atoms with Crippen LogP contribution in [0.25, 0.3) is 11.1 Å². The molecule has 2 aromatic heterocycles. The average Bonchev–Trinajstić information content (AvgIpc) is 3.48. The molecule has 5 atom stereocenters. The molecule has 3 aliphatic heterocycles. The van der Waals surface area contributed by atoms with Crippen LogP contribution >= 0.6 is 11.6 Å². The van der Waals surface area contributed by atoms with E-state index in [4.69, 9.17) is 11.6 Å². The fourth-order valence-electron chi connectivity index (χ4n) is 6.90. The third-order valence-corrected chi connectivity index (χ3v) is 8.59. The van der Waals surface area contributed by atoms with Gasteiger partial charge in [0, 0.05) is 55.5 Å². The van der Waals surface area contributed by atoms with Crippen LogP contribution in [0, 0.1) is 35.0 Å². The van der Waals surface area contributed by atoms with E-state index in [0.717, 1.165) is 43.6 Å². The van der Waals surface area contributed by atoms with Crippen molar-refractivity contribution in [2.24, 2.45) is 35.0 Å². The Morgan fingerprint density at radius 1 is 1.16 bits per heavy atom. The number of fused-ring (bicyclic) bond motifs is 4. The van der Waals surface area contributed by atoms with Crippen molar-refractivity contribution < 1.29 is 9.59 Å². The molecular weight excluding hydrogens is 426 g/mol. The first kappa shape index (κ1) is 20.2. The molecule has 2 aromatic rings. The predicted octanol–water partition coefficient (Wildman–Crippen LogP) is 3.48. The highest BCUT2D eigenvalue weighted by Gasteiger charge is 2.64. The van der Waals surface area contributed by atoms with E-state index in [-0.39, 0.29) is 23.1 Å². The van der Waals surface area contributed by atoms with E-state index in [2.05, 4.69) is 33.9 Å². The summed E-state index contributed by atoms with van der Waals surface area (Å²) in [5.41, 5.74) is 3.23. The lowest BCUT2D eigenvalue weighted by molar-refractivity contribution is -0.143. The Labute approximate surface area is 192 Å². The van der Waals surface area contributed by atoms with Crippen LogP contribution in [0.15, 0.2) is 18.5 Å². The number of pyridine rings is 1. The number of hydrogen-bond acceptors (Lipinski definition) is 4. The lowest BCUT2D eigenvalue weighted by atomic mass is 9.59. The van der Waals surface area contributed by atoms with Gasteiger partial charge < -0.3 is 10.2 Å². The third kappa shape index (κ3) is 2.93. The van der Waals surface area contributed by atoms with Crippen LogP contribution in [0.3, 0.4) is 0 Å². The highest BCUT2D eigenvalue weighted by Crippen LogP contribution is 2.63. The number of piperidine rings is 2. The molecule has 168 valence electrons. The van der Waals surface area contributed by atoms with Gasteiger partial charge in [0.25, 0.3) is 0 Å². The van der Waals surface area contributed by atoms with Crippen LogP contribution in [-0.2, 0) is 22.6 Å². The summed E-state index contributed by atoms with van der Waals surface area (Å²) in [4.78, 5) is 31.2. The number of halogens is 1. The van der Waals surface area contributed by atoms with Gasteiger partial charge in [-0.25, -0.2) is 4.98 Å². The van der Waals surface area contributed by atoms with E-state index in [1.54, 1.807) is 13.1 Å². The molecule has 32 heavy (non-hydrogen) atoms. The van der Waals surface area contributed by atoms with Gasteiger partial charge in [-0.2, -0.15) is 5.10 Å². The summed E-state index contributed by atoms with van der Waals surface area (Å²) < 4.78 is 2.05. The van der Waals surface area contributed by atoms with Gasteiger partial charge in [0.1, 0.15) is 5.82 Å². The van der Waals surface area contributed by atoms with E-state index in [9.17, 15) is 9.59 Å². The first-order valence-electron chi connectivity index (χ1n) is 11.5. The molecular formula is C24H28ClN5O2. The Morgan fingerprint density at radius 3 is 2.62 bits per heavy atom. The Bertz CT molecular complexity index is 1130. The minimum absolute atomic E-state index is 0.00577. The second-order valence-corrected chi connectivity index (χ2v) is 11.3. The van der Waals surface area contributed by atoms with Crippen LogP contribution in [-0.4, -0.2) is 44.6 Å². The maximum absolute atomic E-state index is 13.2. The van der Waals surface area contributed by atoms with Crippen molar-refractivity contribution in [3.05, 3.63) is 29.2 Å². The third-order valence-electron chi connectivity index (χ3n) is 8.29. The van der Waals surface area contributed by atoms with Gasteiger partial charge in [0.2, 0.25) is 11.8 Å². The smallest absolute Gasteiger partial charge is 0.228 e. The number of nitrogens with zero attached hydrogens (tertiary/aromatic N) is 4. The molecule has 8 rings (SSSR count). The fraction of sp³-hybridized carbons (Fsp3) is 0.583. The second-order valence-electron chi connectivity index (χ2n) is 10.9. The summed E-state index contributed by atoms with van der Waals surface area (Å²) in [5.74, 6) is 2.65. The Morgan fingerprint density at radius 2 is 1.91 bits per heavy atom. The van der Waals surface area contributed by atoms with E-state index in [1.165, 1.54) is 5.69 Å². The zero-order valence-electron chi connectivity index (χ0n) is 18.6. The zero-order valence-corrected chi connectivity index (χ0v) is 19.4. The number of carbonyl (C=O) groups excluding carboxylic acids is 2. The number of nitrogens with one attached hydrogen (secondary N) is 1. The molecule has 6 aliphatic rings. The van der Waals surface area contributed by atoms with Crippen LogP contribution in [0.1, 0.15) is 32.9 Å². The fourth-order valence-corrected chi connectivity index (χ4v) is 7.10. The van der Waals surface area contributed by atoms with Crippen LogP contribution in [0.4, 0.5) is 5.82 Å². The van der Waals surface area contributed by atoms with Crippen molar-refractivity contribution in [1.82, 2.24) is 19.7 Å². The molecule has 5 fully saturated rings. The number of anilines is 1. The van der Waals surface area contributed by atoms with Crippen molar-refractivity contribution in [2.75, 3.05) is 18.4 Å². The van der Waals surface area contributed by atoms with E-state index < -0.39 is 0 Å². The molecule has 5 heterocycles. The minimum Gasteiger partial charge on any atom is -0.342 e. The molecule has 4 bridgehead atoms. The van der Waals surface area contributed by atoms with Crippen LogP contribution < -0.4 is 5.32 Å². The highest BCUT2D eigenvalue weighted by molar-refractivity contribution is 6.33. The molecule has 8 heteroatoms. The van der Waals surface area contributed by atoms with Crippen LogP contribution in [0.5, 0.6) is 0 Å². The molecule has 0 aromatic carbocycles. The first-order chi connectivity index (χ1) is 15.2. The lowest BCUT2D eigenvalue weighted by Gasteiger charge is -2.54. The summed E-state index contributed by atoms with van der Waals surface area (Å²) in [6, 6.07) is 1.88. The number of aromatic nitrogens is 3. The summed E-state index contributed by atoms with van der Waals surface area (Å²) in [6.45, 7) is 8.61. The van der Waals surface area contributed by atoms with Gasteiger partial charge in [0.05, 0.1) is 11.2 Å². The van der Waals surface area contributed by atoms with Gasteiger partial charge in [-0.3, -0.25) is 14.3 Å². The van der Waals surface area contributed by atoms with Crippen LogP contribution in [0.2, 0.25) is 5.02 Å². The zero-order chi connectivity index (χ0) is 22.4. The molecule has 2 amide bonds.